The third-order valence-corrected chi connectivity index (χ3v) is 5.95. The standard InChI is InChI=1S/C22H29NO6/c1-26-19-10-14-7-8-23-13-15(5-6-21(24)28-3)16(11-22(25)29-4)9-18(23)17(14)12-20(19)27-2/h10-12,15,18H,5-9,13H2,1-4H3/b16-11-/t15-,18-/m1/s1. The van der Waals surface area contributed by atoms with E-state index in [0.29, 0.717) is 25.0 Å². The highest BCUT2D eigenvalue weighted by atomic mass is 16.5. The third kappa shape index (κ3) is 4.56. The molecule has 0 radical (unpaired) electrons. The normalized spacial score (nSPS) is 22.4. The molecular formula is C22H29NO6. The smallest absolute Gasteiger partial charge is 0.330 e. The summed E-state index contributed by atoms with van der Waals surface area (Å²) in [5.74, 6) is 0.965. The molecule has 0 saturated carbocycles. The highest BCUT2D eigenvalue weighted by Crippen LogP contribution is 2.45. The molecule has 0 N–H and O–H groups in total. The summed E-state index contributed by atoms with van der Waals surface area (Å²) in [5, 5.41) is 0. The molecule has 1 aromatic carbocycles. The van der Waals surface area contributed by atoms with Crippen LogP contribution in [0, 0.1) is 5.92 Å². The third-order valence-electron chi connectivity index (χ3n) is 5.95. The quantitative estimate of drug-likeness (QED) is 0.534. The Morgan fingerprint density at radius 3 is 2.48 bits per heavy atom. The minimum atomic E-state index is -0.361. The zero-order chi connectivity index (χ0) is 21.0. The first-order valence-corrected chi connectivity index (χ1v) is 9.84. The van der Waals surface area contributed by atoms with Gasteiger partial charge in [-0.3, -0.25) is 9.69 Å². The molecule has 2 aliphatic rings. The van der Waals surface area contributed by atoms with Gasteiger partial charge in [0.2, 0.25) is 0 Å². The van der Waals surface area contributed by atoms with Crippen LogP contribution >= 0.6 is 0 Å². The van der Waals surface area contributed by atoms with Crippen LogP contribution in [0.1, 0.15) is 36.4 Å². The lowest BCUT2D eigenvalue weighted by atomic mass is 9.78. The first-order valence-electron chi connectivity index (χ1n) is 9.84. The van der Waals surface area contributed by atoms with Gasteiger partial charge in [-0.25, -0.2) is 4.79 Å². The number of ether oxygens (including phenoxy) is 4. The van der Waals surface area contributed by atoms with Gasteiger partial charge in [-0.2, -0.15) is 0 Å². The van der Waals surface area contributed by atoms with Crippen LogP contribution in [-0.2, 0) is 25.5 Å². The van der Waals surface area contributed by atoms with E-state index in [9.17, 15) is 9.59 Å². The van der Waals surface area contributed by atoms with E-state index in [1.165, 1.54) is 25.3 Å². The predicted octanol–water partition coefficient (Wildman–Crippen LogP) is 2.68. The molecule has 1 fully saturated rings. The average molecular weight is 403 g/mol. The maximum Gasteiger partial charge on any atom is 0.330 e. The van der Waals surface area contributed by atoms with Crippen LogP contribution in [0.2, 0.25) is 0 Å². The number of piperidine rings is 1. The van der Waals surface area contributed by atoms with Crippen LogP contribution < -0.4 is 9.47 Å². The monoisotopic (exact) mass is 403 g/mol. The Bertz CT molecular complexity index is 803. The molecule has 158 valence electrons. The van der Waals surface area contributed by atoms with Gasteiger partial charge in [0, 0.05) is 31.6 Å². The minimum Gasteiger partial charge on any atom is -0.493 e. The van der Waals surface area contributed by atoms with Gasteiger partial charge in [-0.1, -0.05) is 5.57 Å². The topological polar surface area (TPSA) is 74.3 Å². The first kappa shape index (κ1) is 21.2. The van der Waals surface area contributed by atoms with Gasteiger partial charge in [0.15, 0.2) is 11.5 Å². The van der Waals surface area contributed by atoms with E-state index < -0.39 is 0 Å². The van der Waals surface area contributed by atoms with Gasteiger partial charge in [-0.15, -0.1) is 0 Å². The van der Waals surface area contributed by atoms with Crippen LogP contribution in [0.3, 0.4) is 0 Å². The van der Waals surface area contributed by atoms with Crippen molar-refractivity contribution in [2.24, 2.45) is 5.92 Å². The summed E-state index contributed by atoms with van der Waals surface area (Å²) >= 11 is 0. The molecular weight excluding hydrogens is 374 g/mol. The highest BCUT2D eigenvalue weighted by molar-refractivity contribution is 5.82. The molecule has 2 atom stereocenters. The molecule has 7 nitrogen and oxygen atoms in total. The Morgan fingerprint density at radius 1 is 1.10 bits per heavy atom. The average Bonchev–Trinajstić information content (AvgIpc) is 2.75. The summed E-state index contributed by atoms with van der Waals surface area (Å²) in [5.41, 5.74) is 3.47. The largest absolute Gasteiger partial charge is 0.493 e. The molecule has 0 bridgehead atoms. The van der Waals surface area contributed by atoms with Crippen molar-refractivity contribution in [2.45, 2.75) is 31.7 Å². The van der Waals surface area contributed by atoms with Gasteiger partial charge in [-0.05, 0) is 48.4 Å². The lowest BCUT2D eigenvalue weighted by Crippen LogP contribution is -2.43. The lowest BCUT2D eigenvalue weighted by molar-refractivity contribution is -0.141. The van der Waals surface area contributed by atoms with E-state index in [2.05, 4.69) is 17.0 Å². The van der Waals surface area contributed by atoms with Crippen molar-refractivity contribution in [3.05, 3.63) is 34.9 Å². The maximum atomic E-state index is 12.0. The van der Waals surface area contributed by atoms with Gasteiger partial charge in [0.05, 0.1) is 28.4 Å². The Balaban J connectivity index is 1.91. The predicted molar refractivity (Wildman–Crippen MR) is 107 cm³/mol. The number of carbonyl (C=O) groups excluding carboxylic acids is 2. The number of rotatable bonds is 6. The summed E-state index contributed by atoms with van der Waals surface area (Å²) in [6, 6.07) is 4.26. The number of carbonyl (C=O) groups is 2. The molecule has 1 saturated heterocycles. The second kappa shape index (κ2) is 9.31. The number of esters is 2. The van der Waals surface area contributed by atoms with Gasteiger partial charge in [0.25, 0.3) is 0 Å². The van der Waals surface area contributed by atoms with Crippen molar-refractivity contribution in [2.75, 3.05) is 41.5 Å². The van der Waals surface area contributed by atoms with Crippen molar-refractivity contribution in [3.63, 3.8) is 0 Å². The Labute approximate surface area is 171 Å². The summed E-state index contributed by atoms with van der Waals surface area (Å²) in [4.78, 5) is 26.0. The Morgan fingerprint density at radius 2 is 1.83 bits per heavy atom. The maximum absolute atomic E-state index is 12.0. The van der Waals surface area contributed by atoms with Crippen molar-refractivity contribution in [1.29, 1.82) is 0 Å². The molecule has 0 aromatic heterocycles. The molecule has 0 aliphatic carbocycles. The zero-order valence-electron chi connectivity index (χ0n) is 17.5. The van der Waals surface area contributed by atoms with E-state index >= 15 is 0 Å². The number of nitrogens with zero attached hydrogens (tertiary/aromatic N) is 1. The Hall–Kier alpha value is -2.54. The number of benzene rings is 1. The SMILES string of the molecule is COC(=O)/C=C1/C[C@@H]2c3cc(OC)c(OC)cc3CCN2C[C@H]1CCC(=O)OC. The highest BCUT2D eigenvalue weighted by Gasteiger charge is 2.37. The zero-order valence-corrected chi connectivity index (χ0v) is 17.5. The number of hydrogen-bond acceptors (Lipinski definition) is 7. The van der Waals surface area contributed by atoms with Crippen LogP contribution in [-0.4, -0.2) is 58.4 Å². The summed E-state index contributed by atoms with van der Waals surface area (Å²) in [7, 11) is 6.05. The second-order valence-electron chi connectivity index (χ2n) is 7.43. The molecule has 7 heteroatoms. The molecule has 3 rings (SSSR count). The van der Waals surface area contributed by atoms with E-state index in [0.717, 1.165) is 30.8 Å². The number of hydrogen-bond donors (Lipinski definition) is 0. The van der Waals surface area contributed by atoms with Crippen LogP contribution in [0.4, 0.5) is 0 Å². The summed E-state index contributed by atoms with van der Waals surface area (Å²) < 4.78 is 20.6. The molecule has 0 amide bonds. The Kier molecular flexibility index (Phi) is 6.79. The van der Waals surface area contributed by atoms with Crippen molar-refractivity contribution in [1.82, 2.24) is 4.90 Å². The van der Waals surface area contributed by atoms with Crippen molar-refractivity contribution < 1.29 is 28.5 Å². The molecule has 0 unspecified atom stereocenters. The fourth-order valence-electron chi connectivity index (χ4n) is 4.39. The first-order chi connectivity index (χ1) is 14.0. The molecule has 0 spiro atoms. The van der Waals surface area contributed by atoms with Crippen molar-refractivity contribution in [3.8, 4) is 11.5 Å². The van der Waals surface area contributed by atoms with Crippen LogP contribution in [0.15, 0.2) is 23.8 Å². The minimum absolute atomic E-state index is 0.117. The van der Waals surface area contributed by atoms with E-state index in [4.69, 9.17) is 18.9 Å². The molecule has 1 aromatic rings. The second-order valence-corrected chi connectivity index (χ2v) is 7.43. The van der Waals surface area contributed by atoms with Gasteiger partial charge < -0.3 is 18.9 Å². The van der Waals surface area contributed by atoms with E-state index in [-0.39, 0.29) is 23.9 Å². The molecule has 29 heavy (non-hydrogen) atoms. The van der Waals surface area contributed by atoms with Crippen molar-refractivity contribution >= 4 is 11.9 Å². The molecule has 2 heterocycles. The van der Waals surface area contributed by atoms with Gasteiger partial charge in [0.1, 0.15) is 0 Å². The van der Waals surface area contributed by atoms with E-state index in [1.807, 2.05) is 0 Å². The van der Waals surface area contributed by atoms with E-state index in [1.54, 1.807) is 20.3 Å². The lowest BCUT2D eigenvalue weighted by Gasteiger charge is -2.45. The number of fused-ring (bicyclic) bond motifs is 3. The number of methoxy groups -OCH3 is 4. The van der Waals surface area contributed by atoms with Gasteiger partial charge >= 0.3 is 11.9 Å². The van der Waals surface area contributed by atoms with Crippen LogP contribution in [0.5, 0.6) is 11.5 Å². The molecule has 2 aliphatic heterocycles. The summed E-state index contributed by atoms with van der Waals surface area (Å²) in [6.45, 7) is 1.71. The van der Waals surface area contributed by atoms with Crippen LogP contribution in [0.25, 0.3) is 0 Å². The fraction of sp³-hybridized carbons (Fsp3) is 0.545. The fourth-order valence-corrected chi connectivity index (χ4v) is 4.39. The summed E-state index contributed by atoms with van der Waals surface area (Å²) in [6.07, 6.45) is 4.21.